The van der Waals surface area contributed by atoms with Crippen molar-refractivity contribution in [3.8, 4) is 16.9 Å². The van der Waals surface area contributed by atoms with Gasteiger partial charge in [0.05, 0.1) is 6.61 Å². The minimum atomic E-state index is -0.541. The van der Waals surface area contributed by atoms with Gasteiger partial charge in [0.25, 0.3) is 0 Å². The van der Waals surface area contributed by atoms with Crippen molar-refractivity contribution in [1.29, 1.82) is 0 Å². The first-order valence-corrected chi connectivity index (χ1v) is 15.4. The van der Waals surface area contributed by atoms with Gasteiger partial charge in [-0.25, -0.2) is 0 Å². The average Bonchev–Trinajstić information content (AvgIpc) is 3.26. The van der Waals surface area contributed by atoms with Gasteiger partial charge in [0.2, 0.25) is 0 Å². The molecule has 0 bridgehead atoms. The molecule has 8 nitrogen and oxygen atoms in total. The molecule has 2 fully saturated rings. The summed E-state index contributed by atoms with van der Waals surface area (Å²) in [5, 5.41) is 18.6. The van der Waals surface area contributed by atoms with Crippen LogP contribution in [0.25, 0.3) is 11.1 Å². The van der Waals surface area contributed by atoms with Crippen molar-refractivity contribution in [2.75, 3.05) is 18.5 Å². The van der Waals surface area contributed by atoms with Crippen LogP contribution in [0.2, 0.25) is 0 Å². The molecule has 7 rings (SSSR count). The molecule has 1 unspecified atom stereocenters. The summed E-state index contributed by atoms with van der Waals surface area (Å²) >= 11 is 0. The summed E-state index contributed by atoms with van der Waals surface area (Å²) in [6.07, 6.45) is 4.52. The van der Waals surface area contributed by atoms with Crippen molar-refractivity contribution >= 4 is 5.69 Å². The van der Waals surface area contributed by atoms with Crippen LogP contribution in [0.3, 0.4) is 0 Å². The second-order valence-corrected chi connectivity index (χ2v) is 13.2. The third kappa shape index (κ3) is 5.54. The minimum absolute atomic E-state index is 0.0552. The lowest BCUT2D eigenvalue weighted by molar-refractivity contribution is -0.141. The first-order valence-electron chi connectivity index (χ1n) is 15.4. The van der Waals surface area contributed by atoms with E-state index >= 15 is 0 Å². The maximum absolute atomic E-state index is 6.13. The zero-order valence-electron chi connectivity index (χ0n) is 25.8. The molecular formula is C35H41N5O3. The van der Waals surface area contributed by atoms with Gasteiger partial charge in [-0.15, -0.1) is 10.2 Å². The van der Waals surface area contributed by atoms with E-state index in [4.69, 9.17) is 14.2 Å². The van der Waals surface area contributed by atoms with E-state index < -0.39 is 5.79 Å². The van der Waals surface area contributed by atoms with Crippen LogP contribution in [0.5, 0.6) is 5.75 Å². The van der Waals surface area contributed by atoms with Gasteiger partial charge in [-0.05, 0) is 134 Å². The molecule has 2 aliphatic carbocycles. The standard InChI is InChI=1S/C35H41N5O3/c1-21-13-27(41-19-28-20-42-34(4,5)43-28)14-22(2)33(21)29-8-6-7-24(23(29)3)18-36-26-9-10-30-25(15-26)17-35(11-12-35)31(30)16-32-37-39-40-38-32/h6-10,13-15,28,31,36H,11-12,16-20H2,1-5H3,(H,37,38,39,40)/t28-,31?/m0/s1. The Morgan fingerprint density at radius 3 is 2.56 bits per heavy atom. The van der Waals surface area contributed by atoms with Crippen molar-refractivity contribution in [1.82, 2.24) is 20.6 Å². The highest BCUT2D eigenvalue weighted by molar-refractivity contribution is 5.75. The Bertz CT molecular complexity index is 1620. The molecular weight excluding hydrogens is 538 g/mol. The Hall–Kier alpha value is -3.75. The number of nitrogens with zero attached hydrogens (tertiary/aromatic N) is 3. The van der Waals surface area contributed by atoms with Gasteiger partial charge in [-0.2, -0.15) is 5.21 Å². The Kier molecular flexibility index (Phi) is 7.01. The Labute approximate surface area is 253 Å². The minimum Gasteiger partial charge on any atom is -0.491 e. The summed E-state index contributed by atoms with van der Waals surface area (Å²) in [7, 11) is 0. The van der Waals surface area contributed by atoms with Gasteiger partial charge in [0, 0.05) is 18.7 Å². The molecule has 43 heavy (non-hydrogen) atoms. The fourth-order valence-electron chi connectivity index (χ4n) is 7.31. The molecule has 4 aromatic rings. The van der Waals surface area contributed by atoms with Gasteiger partial charge in [0.1, 0.15) is 18.5 Å². The average molecular weight is 580 g/mol. The molecule has 8 heteroatoms. The molecule has 1 aromatic heterocycles. The van der Waals surface area contributed by atoms with Crippen molar-refractivity contribution in [3.05, 3.63) is 87.7 Å². The summed E-state index contributed by atoms with van der Waals surface area (Å²) in [6, 6.07) is 17.8. The van der Waals surface area contributed by atoms with E-state index in [0.29, 0.717) is 24.5 Å². The van der Waals surface area contributed by atoms with Crippen LogP contribution in [0.15, 0.2) is 48.5 Å². The van der Waals surface area contributed by atoms with Crippen LogP contribution in [0.4, 0.5) is 5.69 Å². The lowest BCUT2D eigenvalue weighted by Crippen LogP contribution is -2.25. The second kappa shape index (κ2) is 10.8. The highest BCUT2D eigenvalue weighted by atomic mass is 16.7. The number of H-pyrrole nitrogens is 1. The number of tetrazole rings is 1. The van der Waals surface area contributed by atoms with E-state index in [2.05, 4.69) is 95.2 Å². The second-order valence-electron chi connectivity index (χ2n) is 13.2. The third-order valence-electron chi connectivity index (χ3n) is 9.68. The monoisotopic (exact) mass is 579 g/mol. The van der Waals surface area contributed by atoms with Crippen LogP contribution >= 0.6 is 0 Å². The van der Waals surface area contributed by atoms with Crippen molar-refractivity contribution in [2.24, 2.45) is 5.41 Å². The lowest BCUT2D eigenvalue weighted by Gasteiger charge is -2.19. The molecule has 1 saturated heterocycles. The summed E-state index contributed by atoms with van der Waals surface area (Å²) in [4.78, 5) is 0. The number of aryl methyl sites for hydroxylation is 2. The number of ether oxygens (including phenoxy) is 3. The SMILES string of the molecule is Cc1cc(OC[C@H]2COC(C)(C)O2)cc(C)c1-c1cccc(CNc2ccc3c(c2)CC2(CC2)C3Cc2nn[nH]n2)c1C. The highest BCUT2D eigenvalue weighted by Crippen LogP contribution is 2.63. The summed E-state index contributed by atoms with van der Waals surface area (Å²) < 4.78 is 17.7. The van der Waals surface area contributed by atoms with E-state index in [1.807, 2.05) is 13.8 Å². The zero-order chi connectivity index (χ0) is 29.8. The molecule has 2 N–H and O–H groups in total. The van der Waals surface area contributed by atoms with Crippen LogP contribution in [-0.2, 0) is 28.9 Å². The lowest BCUT2D eigenvalue weighted by atomic mass is 9.86. The molecule has 0 radical (unpaired) electrons. The predicted molar refractivity (Wildman–Crippen MR) is 166 cm³/mol. The van der Waals surface area contributed by atoms with Crippen LogP contribution < -0.4 is 10.1 Å². The maximum Gasteiger partial charge on any atom is 0.175 e. The summed E-state index contributed by atoms with van der Waals surface area (Å²) in [5.41, 5.74) is 12.0. The van der Waals surface area contributed by atoms with Crippen molar-refractivity contribution in [2.45, 2.75) is 84.7 Å². The van der Waals surface area contributed by atoms with E-state index in [9.17, 15) is 0 Å². The van der Waals surface area contributed by atoms with Gasteiger partial charge in [0.15, 0.2) is 11.6 Å². The van der Waals surface area contributed by atoms with Gasteiger partial charge < -0.3 is 19.5 Å². The molecule has 3 aliphatic rings. The number of fused-ring (bicyclic) bond motifs is 1. The number of aromatic nitrogens is 4. The Morgan fingerprint density at radius 2 is 1.86 bits per heavy atom. The first kappa shape index (κ1) is 28.0. The van der Waals surface area contributed by atoms with E-state index in [0.717, 1.165) is 31.0 Å². The number of rotatable bonds is 9. The smallest absolute Gasteiger partial charge is 0.175 e. The maximum atomic E-state index is 6.13. The molecule has 224 valence electrons. The molecule has 3 aromatic carbocycles. The van der Waals surface area contributed by atoms with Crippen molar-refractivity contribution < 1.29 is 14.2 Å². The molecule has 1 spiro atoms. The Balaban J connectivity index is 1.05. The molecule has 2 atom stereocenters. The van der Waals surface area contributed by atoms with E-state index in [1.54, 1.807) is 0 Å². The topological polar surface area (TPSA) is 94.2 Å². The number of anilines is 1. The quantitative estimate of drug-likeness (QED) is 0.231. The van der Waals surface area contributed by atoms with Crippen LogP contribution in [-0.4, -0.2) is 45.7 Å². The number of aromatic amines is 1. The number of benzene rings is 3. The Morgan fingerprint density at radius 1 is 1.05 bits per heavy atom. The largest absolute Gasteiger partial charge is 0.491 e. The van der Waals surface area contributed by atoms with E-state index in [1.165, 1.54) is 63.0 Å². The van der Waals surface area contributed by atoms with Crippen molar-refractivity contribution in [3.63, 3.8) is 0 Å². The number of hydrogen-bond donors (Lipinski definition) is 2. The number of hydrogen-bond acceptors (Lipinski definition) is 7. The van der Waals surface area contributed by atoms with Gasteiger partial charge >= 0.3 is 0 Å². The fourth-order valence-corrected chi connectivity index (χ4v) is 7.31. The molecule has 2 heterocycles. The summed E-state index contributed by atoms with van der Waals surface area (Å²) in [5.74, 6) is 1.62. The first-order chi connectivity index (χ1) is 20.7. The van der Waals surface area contributed by atoms with Gasteiger partial charge in [-0.3, -0.25) is 0 Å². The summed E-state index contributed by atoms with van der Waals surface area (Å²) in [6.45, 7) is 12.2. The molecule has 1 saturated carbocycles. The molecule has 0 amide bonds. The van der Waals surface area contributed by atoms with Crippen LogP contribution in [0, 0.1) is 26.2 Å². The zero-order valence-corrected chi connectivity index (χ0v) is 25.8. The molecule has 1 aliphatic heterocycles. The van der Waals surface area contributed by atoms with Gasteiger partial charge in [-0.1, -0.05) is 29.5 Å². The highest BCUT2D eigenvalue weighted by Gasteiger charge is 2.54. The fraction of sp³-hybridized carbons (Fsp3) is 0.457. The normalized spacial score (nSPS) is 21.2. The van der Waals surface area contributed by atoms with Crippen LogP contribution in [0.1, 0.15) is 71.8 Å². The van der Waals surface area contributed by atoms with E-state index in [-0.39, 0.29) is 6.10 Å². The number of nitrogens with one attached hydrogen (secondary N) is 2. The third-order valence-corrected chi connectivity index (χ3v) is 9.68. The predicted octanol–water partition coefficient (Wildman–Crippen LogP) is 6.60.